The van der Waals surface area contributed by atoms with Gasteiger partial charge in [0.1, 0.15) is 36.9 Å². The number of aromatic nitrogens is 4. The summed E-state index contributed by atoms with van der Waals surface area (Å²) < 4.78 is 10.9. The number of benzene rings is 4. The Kier molecular flexibility index (Phi) is 14.2. The number of hydrogen-bond donors (Lipinski definition) is 4. The number of carbonyl (C=O) groups excluding carboxylic acids is 4. The van der Waals surface area contributed by atoms with Crippen LogP contribution in [-0.4, -0.2) is 78.9 Å². The fourth-order valence-electron chi connectivity index (χ4n) is 8.79. The summed E-state index contributed by atoms with van der Waals surface area (Å²) in [4.78, 5) is 73.4. The van der Waals surface area contributed by atoms with Crippen LogP contribution in [0, 0.1) is 11.8 Å². The number of carbonyl (C=O) groups is 4. The first kappa shape index (κ1) is 45.4. The average molecular weight is 891 g/mol. The van der Waals surface area contributed by atoms with E-state index in [1.54, 1.807) is 0 Å². The van der Waals surface area contributed by atoms with Crippen LogP contribution in [0.2, 0.25) is 0 Å². The summed E-state index contributed by atoms with van der Waals surface area (Å²) in [5, 5.41) is 5.63. The summed E-state index contributed by atoms with van der Waals surface area (Å²) in [7, 11) is 0. The van der Waals surface area contributed by atoms with Crippen LogP contribution in [0.5, 0.6) is 0 Å². The molecule has 0 bridgehead atoms. The molecule has 4 N–H and O–H groups in total. The molecule has 8 rings (SSSR count). The van der Waals surface area contributed by atoms with Crippen molar-refractivity contribution >= 4 is 24.0 Å². The van der Waals surface area contributed by atoms with Crippen LogP contribution in [0.15, 0.2) is 122 Å². The van der Waals surface area contributed by atoms with Gasteiger partial charge < -0.3 is 39.9 Å². The van der Waals surface area contributed by atoms with Crippen LogP contribution in [0.3, 0.4) is 0 Å². The van der Waals surface area contributed by atoms with Gasteiger partial charge in [-0.05, 0) is 70.9 Å². The lowest BCUT2D eigenvalue weighted by molar-refractivity contribution is -0.136. The smallest absolute Gasteiger partial charge is 0.408 e. The Balaban J connectivity index is 0.868. The zero-order valence-corrected chi connectivity index (χ0v) is 37.9. The van der Waals surface area contributed by atoms with Crippen LogP contribution >= 0.6 is 0 Å². The Morgan fingerprint density at radius 2 is 0.924 bits per heavy atom. The Hall–Kier alpha value is -7.22. The van der Waals surface area contributed by atoms with Crippen molar-refractivity contribution in [3.8, 4) is 33.6 Å². The second-order valence-corrected chi connectivity index (χ2v) is 17.8. The molecule has 2 aromatic heterocycles. The lowest BCUT2D eigenvalue weighted by Gasteiger charge is -2.30. The molecule has 342 valence electrons. The van der Waals surface area contributed by atoms with Crippen LogP contribution in [0.25, 0.3) is 33.6 Å². The second-order valence-electron chi connectivity index (χ2n) is 17.8. The van der Waals surface area contributed by atoms with Gasteiger partial charge in [-0.15, -0.1) is 0 Å². The van der Waals surface area contributed by atoms with Crippen molar-refractivity contribution in [3.63, 3.8) is 0 Å². The van der Waals surface area contributed by atoms with Gasteiger partial charge in [-0.3, -0.25) is 9.59 Å². The third-order valence-corrected chi connectivity index (χ3v) is 12.5. The van der Waals surface area contributed by atoms with Gasteiger partial charge in [-0.1, -0.05) is 137 Å². The first-order chi connectivity index (χ1) is 32.0. The zero-order valence-electron chi connectivity index (χ0n) is 37.9. The maximum Gasteiger partial charge on any atom is 0.408 e. The van der Waals surface area contributed by atoms with Crippen molar-refractivity contribution in [2.45, 2.75) is 90.8 Å². The number of alkyl carbamates (subject to hydrolysis) is 2. The summed E-state index contributed by atoms with van der Waals surface area (Å²) in [6, 6.07) is 33.5. The van der Waals surface area contributed by atoms with Gasteiger partial charge in [-0.25, -0.2) is 19.6 Å². The van der Waals surface area contributed by atoms with E-state index in [2.05, 4.69) is 69.1 Å². The molecule has 14 heteroatoms. The summed E-state index contributed by atoms with van der Waals surface area (Å²) in [5.41, 5.74) is 7.48. The number of amides is 4. The summed E-state index contributed by atoms with van der Waals surface area (Å²) in [6.45, 7) is 9.06. The van der Waals surface area contributed by atoms with Gasteiger partial charge in [-0.2, -0.15) is 0 Å². The zero-order chi connectivity index (χ0) is 46.2. The van der Waals surface area contributed by atoms with Gasteiger partial charge in [0, 0.05) is 13.1 Å². The highest BCUT2D eigenvalue weighted by atomic mass is 16.6. The molecule has 2 aliphatic rings. The monoisotopic (exact) mass is 890 g/mol. The molecular weight excluding hydrogens is 833 g/mol. The predicted octanol–water partition coefficient (Wildman–Crippen LogP) is 9.36. The van der Waals surface area contributed by atoms with E-state index in [-0.39, 0.29) is 48.9 Å². The van der Waals surface area contributed by atoms with Gasteiger partial charge in [0.15, 0.2) is 0 Å². The highest BCUT2D eigenvalue weighted by Crippen LogP contribution is 2.35. The number of imidazole rings is 2. The topological polar surface area (TPSA) is 175 Å². The van der Waals surface area contributed by atoms with Crippen LogP contribution in [0.1, 0.15) is 88.2 Å². The summed E-state index contributed by atoms with van der Waals surface area (Å²) >= 11 is 0. The molecule has 0 aliphatic carbocycles. The fraction of sp³-hybridized carbons (Fsp3) is 0.346. The van der Waals surface area contributed by atoms with E-state index in [0.29, 0.717) is 24.7 Å². The number of likely N-dealkylation sites (tertiary alicyclic amines) is 2. The van der Waals surface area contributed by atoms with Crippen molar-refractivity contribution in [1.29, 1.82) is 0 Å². The lowest BCUT2D eigenvalue weighted by Crippen LogP contribution is -2.51. The average Bonchev–Trinajstić information content (AvgIpc) is 4.19. The van der Waals surface area contributed by atoms with Crippen molar-refractivity contribution in [2.75, 3.05) is 13.1 Å². The summed E-state index contributed by atoms with van der Waals surface area (Å²) in [5.74, 6) is 0.841. The van der Waals surface area contributed by atoms with Crippen molar-refractivity contribution in [2.24, 2.45) is 11.8 Å². The first-order valence-corrected chi connectivity index (χ1v) is 22.9. The molecule has 2 saturated heterocycles. The standard InChI is InChI=1S/C52H58N8O6/c1-33(2)45(57-51(63)65-31-35-13-7-5-8-14-35)49(61)59-27-11-17-43(59)47-53-29-41(55-47)39-23-19-37(20-24-39)38-21-25-40(26-22-38)42-30-54-48(56-42)44-18-12-28-60(44)50(62)46(34(3)4)58-52(64)66-32-36-15-9-6-10-16-36/h5-10,13-16,19-26,29-30,33-34,43-46H,11-12,17-18,27-28,31-32H2,1-4H3,(H,53,55)(H,54,56)(H,57,63)(H,58,64). The molecule has 0 spiro atoms. The van der Waals surface area contributed by atoms with Gasteiger partial charge in [0.2, 0.25) is 11.8 Å². The Labute approximate surface area is 385 Å². The highest BCUT2D eigenvalue weighted by Gasteiger charge is 2.39. The first-order valence-electron chi connectivity index (χ1n) is 22.9. The number of hydrogen-bond acceptors (Lipinski definition) is 8. The largest absolute Gasteiger partial charge is 0.445 e. The Bertz CT molecular complexity index is 2400. The van der Waals surface area contributed by atoms with Gasteiger partial charge in [0.05, 0.1) is 35.9 Å². The number of aromatic amines is 2. The van der Waals surface area contributed by atoms with Crippen molar-refractivity contribution in [1.82, 2.24) is 40.4 Å². The Morgan fingerprint density at radius 3 is 1.29 bits per heavy atom. The van der Waals surface area contributed by atoms with E-state index >= 15 is 0 Å². The summed E-state index contributed by atoms with van der Waals surface area (Å²) in [6.07, 6.45) is 5.57. The lowest BCUT2D eigenvalue weighted by atomic mass is 10.0. The third kappa shape index (κ3) is 10.7. The van der Waals surface area contributed by atoms with E-state index in [4.69, 9.17) is 19.4 Å². The molecule has 4 atom stereocenters. The number of rotatable bonds is 15. The van der Waals surface area contributed by atoms with Gasteiger partial charge in [0.25, 0.3) is 0 Å². The number of nitrogens with zero attached hydrogens (tertiary/aromatic N) is 4. The van der Waals surface area contributed by atoms with Crippen LogP contribution < -0.4 is 10.6 Å². The van der Waals surface area contributed by atoms with Crippen LogP contribution in [-0.2, 0) is 32.3 Å². The molecule has 4 heterocycles. The normalized spacial score (nSPS) is 16.9. The molecule has 4 unspecified atom stereocenters. The molecule has 2 fully saturated rings. The number of nitrogens with one attached hydrogen (secondary N) is 4. The maximum absolute atomic E-state index is 13.9. The minimum absolute atomic E-state index is 0.123. The minimum atomic E-state index is -0.736. The molecule has 2 aliphatic heterocycles. The second kappa shape index (κ2) is 20.7. The number of ether oxygens (including phenoxy) is 2. The van der Waals surface area contributed by atoms with E-state index in [0.717, 1.165) is 70.5 Å². The molecule has 0 saturated carbocycles. The van der Waals surface area contributed by atoms with Crippen molar-refractivity contribution < 1.29 is 28.7 Å². The van der Waals surface area contributed by atoms with E-state index in [1.165, 1.54) is 0 Å². The van der Waals surface area contributed by atoms with E-state index < -0.39 is 24.3 Å². The molecule has 6 aromatic rings. The molecule has 0 radical (unpaired) electrons. The third-order valence-electron chi connectivity index (χ3n) is 12.5. The SMILES string of the molecule is CC(C)C(NC(=O)OCc1ccccc1)C(=O)N1CCCC1c1ncc(-c2ccc(-c3ccc(-c4cnc(C5CCCN5C(=O)C(NC(=O)OCc5ccccc5)C(C)C)[nH]4)cc3)cc2)[nH]1. The quantitative estimate of drug-likeness (QED) is 0.0789. The van der Waals surface area contributed by atoms with Crippen LogP contribution in [0.4, 0.5) is 9.59 Å². The molecule has 14 nitrogen and oxygen atoms in total. The number of H-pyrrole nitrogens is 2. The van der Waals surface area contributed by atoms with E-state index in [9.17, 15) is 19.2 Å². The minimum Gasteiger partial charge on any atom is -0.445 e. The maximum atomic E-state index is 13.9. The highest BCUT2D eigenvalue weighted by molar-refractivity contribution is 5.87. The molecule has 4 amide bonds. The molecular formula is C52H58N8O6. The molecule has 66 heavy (non-hydrogen) atoms. The van der Waals surface area contributed by atoms with Crippen molar-refractivity contribution in [3.05, 3.63) is 144 Å². The fourth-order valence-corrected chi connectivity index (χ4v) is 8.79. The predicted molar refractivity (Wildman–Crippen MR) is 251 cm³/mol. The molecule has 4 aromatic carbocycles. The van der Waals surface area contributed by atoms with Gasteiger partial charge >= 0.3 is 12.2 Å². The Morgan fingerprint density at radius 1 is 0.561 bits per heavy atom. The van der Waals surface area contributed by atoms with E-state index in [1.807, 2.05) is 111 Å².